The van der Waals surface area contributed by atoms with Crippen molar-refractivity contribution in [2.24, 2.45) is 5.92 Å². The first-order valence-corrected chi connectivity index (χ1v) is 7.07. The Bertz CT molecular complexity index is 518. The van der Waals surface area contributed by atoms with Crippen LogP contribution in [-0.2, 0) is 0 Å². The van der Waals surface area contributed by atoms with Crippen molar-refractivity contribution in [1.29, 1.82) is 0 Å². The predicted molar refractivity (Wildman–Crippen MR) is 82.2 cm³/mol. The lowest BCUT2D eigenvalue weighted by Crippen LogP contribution is -2.21. The van der Waals surface area contributed by atoms with Gasteiger partial charge in [-0.15, -0.1) is 0 Å². The van der Waals surface area contributed by atoms with E-state index in [1.165, 1.54) is 11.0 Å². The molecule has 1 N–H and O–H groups in total. The second-order valence-corrected chi connectivity index (χ2v) is 5.37. The van der Waals surface area contributed by atoms with Gasteiger partial charge in [0.05, 0.1) is 0 Å². The van der Waals surface area contributed by atoms with Gasteiger partial charge in [0.15, 0.2) is 0 Å². The molecule has 2 heteroatoms. The Morgan fingerprint density at radius 3 is 2.79 bits per heavy atom. The highest BCUT2D eigenvalue weighted by Crippen LogP contribution is 2.21. The lowest BCUT2D eigenvalue weighted by molar-refractivity contribution is 0.568. The first-order chi connectivity index (χ1) is 9.19. The van der Waals surface area contributed by atoms with Crippen LogP contribution in [0.1, 0.15) is 33.0 Å². The van der Waals surface area contributed by atoms with Gasteiger partial charge in [0, 0.05) is 11.9 Å². The van der Waals surface area contributed by atoms with Gasteiger partial charge in [-0.05, 0) is 37.1 Å². The van der Waals surface area contributed by atoms with Crippen LogP contribution in [0.4, 0.5) is 0 Å². The maximum absolute atomic E-state index is 5.82. The molecule has 0 unspecified atom stereocenters. The fourth-order valence-electron chi connectivity index (χ4n) is 2.07. The van der Waals surface area contributed by atoms with E-state index in [4.69, 9.17) is 4.42 Å². The normalized spacial score (nSPS) is 12.5. The van der Waals surface area contributed by atoms with Crippen molar-refractivity contribution in [2.75, 3.05) is 13.1 Å². The maximum Gasteiger partial charge on any atom is 0.134 e. The Morgan fingerprint density at radius 2 is 2.11 bits per heavy atom. The Labute approximate surface area is 115 Å². The van der Waals surface area contributed by atoms with Gasteiger partial charge in [0.1, 0.15) is 11.3 Å². The highest BCUT2D eigenvalue weighted by atomic mass is 16.3. The first kappa shape index (κ1) is 13.9. The van der Waals surface area contributed by atoms with Crippen LogP contribution in [-0.4, -0.2) is 13.1 Å². The zero-order chi connectivity index (χ0) is 13.7. The lowest BCUT2D eigenvalue weighted by atomic mass is 10.1. The summed E-state index contributed by atoms with van der Waals surface area (Å²) in [5, 5.41) is 4.65. The first-order valence-electron chi connectivity index (χ1n) is 7.07. The monoisotopic (exact) mass is 257 g/mol. The summed E-state index contributed by atoms with van der Waals surface area (Å²) >= 11 is 0. The van der Waals surface area contributed by atoms with E-state index in [0.717, 1.165) is 30.9 Å². The quantitative estimate of drug-likeness (QED) is 0.825. The average molecular weight is 257 g/mol. The zero-order valence-corrected chi connectivity index (χ0v) is 12.1. The molecule has 1 aromatic carbocycles. The SMILES string of the molecule is CCC(=Cc1cc2ccccc2o1)CNCC(C)C. The topological polar surface area (TPSA) is 25.2 Å². The summed E-state index contributed by atoms with van der Waals surface area (Å²) in [6.07, 6.45) is 3.20. The van der Waals surface area contributed by atoms with Crippen molar-refractivity contribution >= 4 is 17.0 Å². The third-order valence-corrected chi connectivity index (χ3v) is 3.15. The molecule has 1 heterocycles. The number of hydrogen-bond donors (Lipinski definition) is 1. The summed E-state index contributed by atoms with van der Waals surface area (Å²) < 4.78 is 5.82. The third kappa shape index (κ3) is 3.97. The zero-order valence-electron chi connectivity index (χ0n) is 12.1. The second-order valence-electron chi connectivity index (χ2n) is 5.37. The Balaban J connectivity index is 2.08. The molecule has 2 aromatic rings. The molecule has 2 nitrogen and oxygen atoms in total. The van der Waals surface area contributed by atoms with Crippen LogP contribution in [0, 0.1) is 5.92 Å². The number of rotatable bonds is 6. The van der Waals surface area contributed by atoms with Gasteiger partial charge in [-0.25, -0.2) is 0 Å². The highest BCUT2D eigenvalue weighted by Gasteiger charge is 2.02. The van der Waals surface area contributed by atoms with Gasteiger partial charge in [-0.3, -0.25) is 0 Å². The molecule has 0 amide bonds. The van der Waals surface area contributed by atoms with E-state index in [9.17, 15) is 0 Å². The van der Waals surface area contributed by atoms with E-state index in [-0.39, 0.29) is 0 Å². The largest absolute Gasteiger partial charge is 0.457 e. The number of nitrogens with one attached hydrogen (secondary N) is 1. The van der Waals surface area contributed by atoms with Crippen LogP contribution in [0.25, 0.3) is 17.0 Å². The number of benzene rings is 1. The molecule has 0 aliphatic heterocycles. The van der Waals surface area contributed by atoms with Crippen molar-refractivity contribution in [3.05, 3.63) is 41.7 Å². The molecular formula is C17H23NO. The van der Waals surface area contributed by atoms with Crippen molar-refractivity contribution in [2.45, 2.75) is 27.2 Å². The van der Waals surface area contributed by atoms with Crippen LogP contribution in [0.15, 0.2) is 40.3 Å². The molecule has 0 bridgehead atoms. The van der Waals surface area contributed by atoms with Crippen LogP contribution < -0.4 is 5.32 Å². The molecule has 0 radical (unpaired) electrons. The lowest BCUT2D eigenvalue weighted by Gasteiger charge is -2.08. The Morgan fingerprint density at radius 1 is 1.32 bits per heavy atom. The average Bonchev–Trinajstić information content (AvgIpc) is 2.79. The van der Waals surface area contributed by atoms with Gasteiger partial charge >= 0.3 is 0 Å². The molecule has 19 heavy (non-hydrogen) atoms. The molecule has 1 aromatic heterocycles. The van der Waals surface area contributed by atoms with Crippen molar-refractivity contribution in [1.82, 2.24) is 5.32 Å². The van der Waals surface area contributed by atoms with Gasteiger partial charge in [-0.1, -0.05) is 44.5 Å². The summed E-state index contributed by atoms with van der Waals surface area (Å²) in [5.41, 5.74) is 2.33. The number of fused-ring (bicyclic) bond motifs is 1. The number of furan rings is 1. The van der Waals surface area contributed by atoms with E-state index >= 15 is 0 Å². The minimum absolute atomic E-state index is 0.685. The molecule has 2 rings (SSSR count). The fraction of sp³-hybridized carbons (Fsp3) is 0.412. The molecule has 0 aliphatic carbocycles. The highest BCUT2D eigenvalue weighted by molar-refractivity contribution is 5.79. The van der Waals surface area contributed by atoms with Gasteiger partial charge in [0.2, 0.25) is 0 Å². The Kier molecular flexibility index (Phi) is 4.80. The van der Waals surface area contributed by atoms with E-state index in [2.05, 4.69) is 44.3 Å². The number of hydrogen-bond acceptors (Lipinski definition) is 2. The minimum atomic E-state index is 0.685. The maximum atomic E-state index is 5.82. The molecule has 0 fully saturated rings. The van der Waals surface area contributed by atoms with Crippen molar-refractivity contribution in [3.8, 4) is 0 Å². The van der Waals surface area contributed by atoms with Crippen molar-refractivity contribution in [3.63, 3.8) is 0 Å². The smallest absolute Gasteiger partial charge is 0.134 e. The van der Waals surface area contributed by atoms with E-state index in [0.29, 0.717) is 5.92 Å². The van der Waals surface area contributed by atoms with Gasteiger partial charge < -0.3 is 9.73 Å². The molecule has 0 saturated carbocycles. The molecular weight excluding hydrogens is 234 g/mol. The molecule has 0 aliphatic rings. The van der Waals surface area contributed by atoms with E-state index in [1.807, 2.05) is 18.2 Å². The summed E-state index contributed by atoms with van der Waals surface area (Å²) in [7, 11) is 0. The van der Waals surface area contributed by atoms with Crippen LogP contribution in [0.2, 0.25) is 0 Å². The van der Waals surface area contributed by atoms with Gasteiger partial charge in [-0.2, -0.15) is 0 Å². The fourth-order valence-corrected chi connectivity index (χ4v) is 2.07. The van der Waals surface area contributed by atoms with Crippen molar-refractivity contribution < 1.29 is 4.42 Å². The summed E-state index contributed by atoms with van der Waals surface area (Å²) in [5.74, 6) is 1.63. The van der Waals surface area contributed by atoms with Crippen LogP contribution in [0.5, 0.6) is 0 Å². The summed E-state index contributed by atoms with van der Waals surface area (Å²) in [6.45, 7) is 8.62. The second kappa shape index (κ2) is 6.58. The summed E-state index contributed by atoms with van der Waals surface area (Å²) in [6, 6.07) is 10.2. The Hall–Kier alpha value is -1.54. The van der Waals surface area contributed by atoms with E-state index < -0.39 is 0 Å². The summed E-state index contributed by atoms with van der Waals surface area (Å²) in [4.78, 5) is 0. The molecule has 0 atom stereocenters. The van der Waals surface area contributed by atoms with Gasteiger partial charge in [0.25, 0.3) is 0 Å². The standard InChI is InChI=1S/C17H23NO/c1-4-14(12-18-11-13(2)3)9-16-10-15-7-5-6-8-17(15)19-16/h5-10,13,18H,4,11-12H2,1-3H3. The third-order valence-electron chi connectivity index (χ3n) is 3.15. The van der Waals surface area contributed by atoms with E-state index in [1.54, 1.807) is 0 Å². The minimum Gasteiger partial charge on any atom is -0.457 e. The number of para-hydroxylation sites is 1. The molecule has 0 saturated heterocycles. The van der Waals surface area contributed by atoms with Crippen LogP contribution >= 0.6 is 0 Å². The molecule has 0 spiro atoms. The molecule has 102 valence electrons. The van der Waals surface area contributed by atoms with Crippen LogP contribution in [0.3, 0.4) is 0 Å². The predicted octanol–water partition coefficient (Wildman–Crippen LogP) is 4.47.